The van der Waals surface area contributed by atoms with Crippen LogP contribution in [0.1, 0.15) is 29.9 Å². The molecular formula is C14H14N2O2S. The van der Waals surface area contributed by atoms with Gasteiger partial charge in [0.15, 0.2) is 5.69 Å². The van der Waals surface area contributed by atoms with Crippen molar-refractivity contribution < 1.29 is 9.53 Å². The van der Waals surface area contributed by atoms with Gasteiger partial charge in [0.05, 0.1) is 6.61 Å². The number of ether oxygens (including phenoxy) is 1. The standard InChI is InChI=1S/C14H14N2O2S/c1-3-18-13(17)12-9-19-14(16-12)15-10(2)11-7-5-4-6-8-11/h4-9H,3H2,1-2H3/b15-10+. The van der Waals surface area contributed by atoms with E-state index in [0.29, 0.717) is 17.4 Å². The van der Waals surface area contributed by atoms with Crippen LogP contribution in [0.15, 0.2) is 40.7 Å². The molecule has 0 unspecified atom stereocenters. The van der Waals surface area contributed by atoms with Gasteiger partial charge in [0.25, 0.3) is 0 Å². The molecule has 0 radical (unpaired) electrons. The van der Waals surface area contributed by atoms with Gasteiger partial charge in [0.2, 0.25) is 5.13 Å². The van der Waals surface area contributed by atoms with Crippen LogP contribution in [-0.2, 0) is 4.74 Å². The van der Waals surface area contributed by atoms with Crippen molar-refractivity contribution in [1.29, 1.82) is 0 Å². The molecule has 0 N–H and O–H groups in total. The van der Waals surface area contributed by atoms with Gasteiger partial charge in [-0.15, -0.1) is 11.3 Å². The highest BCUT2D eigenvalue weighted by Gasteiger charge is 2.11. The normalized spacial score (nSPS) is 11.4. The van der Waals surface area contributed by atoms with Crippen LogP contribution >= 0.6 is 11.3 Å². The zero-order valence-electron chi connectivity index (χ0n) is 10.8. The van der Waals surface area contributed by atoms with Crippen LogP contribution in [0.2, 0.25) is 0 Å². The Hall–Kier alpha value is -2.01. The van der Waals surface area contributed by atoms with Crippen LogP contribution in [0.4, 0.5) is 5.13 Å². The lowest BCUT2D eigenvalue weighted by atomic mass is 10.1. The number of aromatic nitrogens is 1. The topological polar surface area (TPSA) is 51.5 Å². The molecule has 2 aromatic rings. The Morgan fingerprint density at radius 2 is 2.11 bits per heavy atom. The second-order valence-electron chi connectivity index (χ2n) is 3.80. The molecule has 0 atom stereocenters. The number of aliphatic imine (C=N–C) groups is 1. The summed E-state index contributed by atoms with van der Waals surface area (Å²) in [5, 5.41) is 2.22. The van der Waals surface area contributed by atoms with Crippen LogP contribution in [0.3, 0.4) is 0 Å². The van der Waals surface area contributed by atoms with Gasteiger partial charge in [-0.05, 0) is 19.4 Å². The Morgan fingerprint density at radius 1 is 1.37 bits per heavy atom. The van der Waals surface area contributed by atoms with Gasteiger partial charge in [-0.3, -0.25) is 0 Å². The monoisotopic (exact) mass is 274 g/mol. The molecule has 0 saturated carbocycles. The molecular weight excluding hydrogens is 260 g/mol. The predicted molar refractivity (Wildman–Crippen MR) is 76.4 cm³/mol. The van der Waals surface area contributed by atoms with E-state index >= 15 is 0 Å². The maximum atomic E-state index is 11.5. The number of benzene rings is 1. The fourth-order valence-corrected chi connectivity index (χ4v) is 2.21. The molecule has 0 amide bonds. The SMILES string of the molecule is CCOC(=O)c1csc(/N=C(\C)c2ccccc2)n1. The molecule has 0 aliphatic heterocycles. The molecule has 4 nitrogen and oxygen atoms in total. The summed E-state index contributed by atoms with van der Waals surface area (Å²) >= 11 is 1.33. The van der Waals surface area contributed by atoms with Crippen LogP contribution < -0.4 is 0 Å². The second kappa shape index (κ2) is 6.24. The summed E-state index contributed by atoms with van der Waals surface area (Å²) in [6.07, 6.45) is 0. The van der Waals surface area contributed by atoms with Crippen molar-refractivity contribution in [2.45, 2.75) is 13.8 Å². The van der Waals surface area contributed by atoms with Crippen LogP contribution in [0, 0.1) is 0 Å². The van der Waals surface area contributed by atoms with Crippen molar-refractivity contribution in [3.63, 3.8) is 0 Å². The maximum absolute atomic E-state index is 11.5. The van der Waals surface area contributed by atoms with Crippen molar-refractivity contribution in [3.05, 3.63) is 47.0 Å². The Morgan fingerprint density at radius 3 is 2.79 bits per heavy atom. The van der Waals surface area contributed by atoms with E-state index in [1.165, 1.54) is 11.3 Å². The first kappa shape index (κ1) is 13.4. The molecule has 19 heavy (non-hydrogen) atoms. The van der Waals surface area contributed by atoms with E-state index in [0.717, 1.165) is 11.3 Å². The van der Waals surface area contributed by atoms with E-state index in [-0.39, 0.29) is 0 Å². The average molecular weight is 274 g/mol. The maximum Gasteiger partial charge on any atom is 0.357 e. The predicted octanol–water partition coefficient (Wildman–Crippen LogP) is 3.46. The van der Waals surface area contributed by atoms with Gasteiger partial charge in [-0.25, -0.2) is 14.8 Å². The number of carbonyl (C=O) groups excluding carboxylic acids is 1. The van der Waals surface area contributed by atoms with E-state index in [2.05, 4.69) is 9.98 Å². The second-order valence-corrected chi connectivity index (χ2v) is 4.64. The average Bonchev–Trinajstić information content (AvgIpc) is 2.88. The molecule has 1 heterocycles. The molecule has 0 fully saturated rings. The molecule has 5 heteroatoms. The Bertz CT molecular complexity index is 591. The van der Waals surface area contributed by atoms with Crippen molar-refractivity contribution >= 4 is 28.1 Å². The summed E-state index contributed by atoms with van der Waals surface area (Å²) in [4.78, 5) is 20.0. The highest BCUT2D eigenvalue weighted by Crippen LogP contribution is 2.20. The summed E-state index contributed by atoms with van der Waals surface area (Å²) in [6, 6.07) is 9.84. The van der Waals surface area contributed by atoms with Crippen LogP contribution in [0.5, 0.6) is 0 Å². The highest BCUT2D eigenvalue weighted by atomic mass is 32.1. The van der Waals surface area contributed by atoms with E-state index in [9.17, 15) is 4.79 Å². The molecule has 0 spiro atoms. The fourth-order valence-electron chi connectivity index (χ4n) is 1.50. The van der Waals surface area contributed by atoms with Gasteiger partial charge in [0, 0.05) is 11.1 Å². The van der Waals surface area contributed by atoms with E-state index in [4.69, 9.17) is 4.74 Å². The minimum atomic E-state index is -0.405. The van der Waals surface area contributed by atoms with Gasteiger partial charge in [-0.2, -0.15) is 0 Å². The molecule has 1 aromatic heterocycles. The summed E-state index contributed by atoms with van der Waals surface area (Å²) < 4.78 is 4.89. The fraction of sp³-hybridized carbons (Fsp3) is 0.214. The van der Waals surface area contributed by atoms with Gasteiger partial charge in [0.1, 0.15) is 0 Å². The minimum Gasteiger partial charge on any atom is -0.461 e. The quantitative estimate of drug-likeness (QED) is 0.633. The lowest BCUT2D eigenvalue weighted by Crippen LogP contribution is -2.04. The number of carbonyl (C=O) groups is 1. The summed E-state index contributed by atoms with van der Waals surface area (Å²) in [6.45, 7) is 4.03. The molecule has 2 rings (SSSR count). The molecule has 0 aliphatic carbocycles. The first-order chi connectivity index (χ1) is 9.20. The summed E-state index contributed by atoms with van der Waals surface area (Å²) in [7, 11) is 0. The van der Waals surface area contributed by atoms with E-state index < -0.39 is 5.97 Å². The number of rotatable bonds is 4. The lowest BCUT2D eigenvalue weighted by molar-refractivity contribution is 0.0520. The first-order valence-corrected chi connectivity index (χ1v) is 6.82. The number of nitrogens with zero attached hydrogens (tertiary/aromatic N) is 2. The highest BCUT2D eigenvalue weighted by molar-refractivity contribution is 7.13. The number of hydrogen-bond acceptors (Lipinski definition) is 5. The zero-order valence-corrected chi connectivity index (χ0v) is 11.6. The third-order valence-electron chi connectivity index (χ3n) is 2.43. The van der Waals surface area contributed by atoms with Crippen molar-refractivity contribution in [3.8, 4) is 0 Å². The first-order valence-electron chi connectivity index (χ1n) is 5.94. The zero-order chi connectivity index (χ0) is 13.7. The number of thiazole rings is 1. The Balaban J connectivity index is 2.18. The Labute approximate surface area is 115 Å². The molecule has 1 aromatic carbocycles. The molecule has 0 aliphatic rings. The summed E-state index contributed by atoms with van der Waals surface area (Å²) in [5.41, 5.74) is 2.22. The summed E-state index contributed by atoms with van der Waals surface area (Å²) in [5.74, 6) is -0.405. The Kier molecular flexibility index (Phi) is 4.41. The minimum absolute atomic E-state index is 0.312. The van der Waals surface area contributed by atoms with Crippen molar-refractivity contribution in [1.82, 2.24) is 4.98 Å². The molecule has 0 saturated heterocycles. The van der Waals surface area contributed by atoms with Crippen molar-refractivity contribution in [2.75, 3.05) is 6.61 Å². The number of esters is 1. The smallest absolute Gasteiger partial charge is 0.357 e. The van der Waals surface area contributed by atoms with Crippen molar-refractivity contribution in [2.24, 2.45) is 4.99 Å². The van der Waals surface area contributed by atoms with Gasteiger partial charge in [-0.1, -0.05) is 30.3 Å². The molecule has 98 valence electrons. The van der Waals surface area contributed by atoms with E-state index in [1.807, 2.05) is 37.3 Å². The molecule has 0 bridgehead atoms. The third kappa shape index (κ3) is 3.48. The van der Waals surface area contributed by atoms with Crippen LogP contribution in [-0.4, -0.2) is 23.3 Å². The van der Waals surface area contributed by atoms with Gasteiger partial charge >= 0.3 is 5.97 Å². The van der Waals surface area contributed by atoms with Crippen LogP contribution in [0.25, 0.3) is 0 Å². The van der Waals surface area contributed by atoms with E-state index in [1.54, 1.807) is 12.3 Å². The number of hydrogen-bond donors (Lipinski definition) is 0. The van der Waals surface area contributed by atoms with Gasteiger partial charge < -0.3 is 4.74 Å². The lowest BCUT2D eigenvalue weighted by Gasteiger charge is -1.98. The largest absolute Gasteiger partial charge is 0.461 e. The third-order valence-corrected chi connectivity index (χ3v) is 3.17.